The van der Waals surface area contributed by atoms with E-state index in [0.717, 1.165) is 0 Å². The van der Waals surface area contributed by atoms with Crippen molar-refractivity contribution in [1.82, 2.24) is 0 Å². The summed E-state index contributed by atoms with van der Waals surface area (Å²) in [6.45, 7) is -5.83. The van der Waals surface area contributed by atoms with E-state index in [1.807, 2.05) is 0 Å². The largest absolute Gasteiger partial charge is 1.00 e. The third-order valence-corrected chi connectivity index (χ3v) is 0. The van der Waals surface area contributed by atoms with E-state index in [4.69, 9.17) is 30.6 Å². The van der Waals surface area contributed by atoms with Crippen molar-refractivity contribution in [3.63, 3.8) is 0 Å². The fourth-order valence-electron chi connectivity index (χ4n) is 0. The maximum absolute atomic E-state index is 8.42. The molecule has 0 rings (SSSR count). The molecular formula is C2H2Li6O6. The molecule has 0 aliphatic heterocycles. The predicted molar refractivity (Wildman–Crippen MR) is 7.58 cm³/mol. The van der Waals surface area contributed by atoms with Gasteiger partial charge in [-0.3, -0.25) is 0 Å². The topological polar surface area (TPSA) is 138 Å². The molecule has 0 spiro atoms. The molecule has 0 saturated carbocycles. The van der Waals surface area contributed by atoms with E-state index >= 15 is 0 Å². The Labute approximate surface area is 155 Å². The van der Waals surface area contributed by atoms with Crippen molar-refractivity contribution in [3.8, 4) is 0 Å². The van der Waals surface area contributed by atoms with Crippen molar-refractivity contribution in [2.75, 3.05) is 0 Å². The van der Waals surface area contributed by atoms with Gasteiger partial charge in [0, 0.05) is 0 Å². The van der Waals surface area contributed by atoms with E-state index in [-0.39, 0.29) is 113 Å². The van der Waals surface area contributed by atoms with Gasteiger partial charge >= 0.3 is 113 Å². The zero-order chi connectivity index (χ0) is 7.15. The van der Waals surface area contributed by atoms with Crippen LogP contribution in [0.25, 0.3) is 0 Å². The smallest absolute Gasteiger partial charge is 0.879 e. The van der Waals surface area contributed by atoms with Gasteiger partial charge in [0.15, 0.2) is 0 Å². The molecule has 14 heavy (non-hydrogen) atoms. The standard InChI is InChI=1S/2CHO3.6Li/c2*2-1(3)4;;;;;;/h2*1H;;;;;;/q2*-3;6*+1. The minimum atomic E-state index is -2.92. The van der Waals surface area contributed by atoms with Crippen molar-refractivity contribution in [3.05, 3.63) is 0 Å². The van der Waals surface area contributed by atoms with Crippen LogP contribution in [0.3, 0.4) is 0 Å². The van der Waals surface area contributed by atoms with E-state index in [1.165, 1.54) is 0 Å². The zero-order valence-electron chi connectivity index (χ0n) is 9.60. The van der Waals surface area contributed by atoms with Crippen molar-refractivity contribution < 1.29 is 144 Å². The first-order valence-electron chi connectivity index (χ1n) is 1.41. The van der Waals surface area contributed by atoms with Gasteiger partial charge < -0.3 is 43.6 Å². The zero-order valence-corrected chi connectivity index (χ0v) is 9.60. The summed E-state index contributed by atoms with van der Waals surface area (Å²) in [5.41, 5.74) is 0. The molecule has 12 heteroatoms. The van der Waals surface area contributed by atoms with Gasteiger partial charge in [-0.25, -0.2) is 0 Å². The van der Waals surface area contributed by atoms with Gasteiger partial charge in [0.2, 0.25) is 0 Å². The Morgan fingerprint density at radius 3 is 0.357 bits per heavy atom. The SMILES string of the molecule is [Li+].[Li+].[Li+].[Li+].[Li+].[Li+].[O-]C([O-])[O-].[O-]C([O-])[O-]. The number of hydrogen-bond acceptors (Lipinski definition) is 6. The van der Waals surface area contributed by atoms with Crippen molar-refractivity contribution >= 4 is 0 Å². The van der Waals surface area contributed by atoms with Gasteiger partial charge in [0.05, 0.1) is 0 Å². The molecule has 0 atom stereocenters. The molecule has 0 fully saturated rings. The molecule has 0 amide bonds. The molecule has 52 valence electrons. The molecular weight excluding hydrogens is 162 g/mol. The molecule has 0 saturated heterocycles. The quantitative estimate of drug-likeness (QED) is 0.257. The molecule has 0 radical (unpaired) electrons. The van der Waals surface area contributed by atoms with Crippen LogP contribution in [0.5, 0.6) is 0 Å². The monoisotopic (exact) mass is 164 g/mol. The van der Waals surface area contributed by atoms with Crippen LogP contribution in [-0.2, 0) is 0 Å². The predicted octanol–water partition coefficient (Wildman–Crippen LogP) is -25.3. The Bertz CT molecular complexity index is 35.8. The Morgan fingerprint density at radius 2 is 0.357 bits per heavy atom. The third kappa shape index (κ3) is 282. The summed E-state index contributed by atoms with van der Waals surface area (Å²) in [5, 5.41) is 50.5. The number of hydrogen-bond donors (Lipinski definition) is 0. The summed E-state index contributed by atoms with van der Waals surface area (Å²) in [4.78, 5) is 0. The Hall–Kier alpha value is 3.34. The van der Waals surface area contributed by atoms with E-state index < -0.39 is 13.0 Å². The summed E-state index contributed by atoms with van der Waals surface area (Å²) < 4.78 is 0. The van der Waals surface area contributed by atoms with Crippen molar-refractivity contribution in [2.24, 2.45) is 0 Å². The molecule has 0 heterocycles. The first-order valence-corrected chi connectivity index (χ1v) is 1.41. The molecule has 0 aromatic carbocycles. The summed E-state index contributed by atoms with van der Waals surface area (Å²) in [7, 11) is 0. The number of rotatable bonds is 0. The van der Waals surface area contributed by atoms with Gasteiger partial charge in [0.1, 0.15) is 0 Å². The summed E-state index contributed by atoms with van der Waals surface area (Å²) in [5.74, 6) is 0. The molecule has 0 aliphatic rings. The van der Waals surface area contributed by atoms with Crippen LogP contribution in [0.15, 0.2) is 0 Å². The van der Waals surface area contributed by atoms with Gasteiger partial charge in [-0.1, -0.05) is 0 Å². The first-order chi connectivity index (χ1) is 3.46. The second-order valence-corrected chi connectivity index (χ2v) is 0.577. The fraction of sp³-hybridized carbons (Fsp3) is 1.00. The third-order valence-electron chi connectivity index (χ3n) is 0. The average molecular weight is 164 g/mol. The fourth-order valence-corrected chi connectivity index (χ4v) is 0. The van der Waals surface area contributed by atoms with Crippen molar-refractivity contribution in [2.45, 2.75) is 13.0 Å². The van der Waals surface area contributed by atoms with Crippen LogP contribution in [0, 0.1) is 0 Å². The molecule has 6 nitrogen and oxygen atoms in total. The summed E-state index contributed by atoms with van der Waals surface area (Å²) in [6.07, 6.45) is 0. The van der Waals surface area contributed by atoms with Crippen molar-refractivity contribution in [1.29, 1.82) is 0 Å². The minimum absolute atomic E-state index is 0. The summed E-state index contributed by atoms with van der Waals surface area (Å²) >= 11 is 0. The molecule has 0 aromatic heterocycles. The van der Waals surface area contributed by atoms with E-state index in [0.29, 0.717) is 0 Å². The normalized spacial score (nSPS) is 5.14. The minimum Gasteiger partial charge on any atom is -0.879 e. The Kier molecular flexibility index (Phi) is 167. The maximum Gasteiger partial charge on any atom is 1.00 e. The Balaban J connectivity index is -0.00000000600. The van der Waals surface area contributed by atoms with Gasteiger partial charge in [-0.2, -0.15) is 0 Å². The molecule has 0 aliphatic carbocycles. The summed E-state index contributed by atoms with van der Waals surface area (Å²) in [6, 6.07) is 0. The Morgan fingerprint density at radius 1 is 0.357 bits per heavy atom. The first kappa shape index (κ1) is 53.1. The second-order valence-electron chi connectivity index (χ2n) is 0.577. The molecule has 0 aromatic rings. The van der Waals surface area contributed by atoms with E-state index in [2.05, 4.69) is 0 Å². The van der Waals surface area contributed by atoms with Crippen LogP contribution in [-0.4, -0.2) is 13.0 Å². The molecule has 0 bridgehead atoms. The van der Waals surface area contributed by atoms with Gasteiger partial charge in [-0.05, 0) is 0 Å². The van der Waals surface area contributed by atoms with Crippen LogP contribution >= 0.6 is 0 Å². The average Bonchev–Trinajstić information content (AvgIpc) is 1.25. The van der Waals surface area contributed by atoms with E-state index in [9.17, 15) is 0 Å². The van der Waals surface area contributed by atoms with Crippen LogP contribution < -0.4 is 144 Å². The second kappa shape index (κ2) is 44.1. The van der Waals surface area contributed by atoms with Crippen LogP contribution in [0.1, 0.15) is 0 Å². The van der Waals surface area contributed by atoms with Crippen LogP contribution in [0.4, 0.5) is 0 Å². The van der Waals surface area contributed by atoms with E-state index in [1.54, 1.807) is 0 Å². The molecule has 0 unspecified atom stereocenters. The van der Waals surface area contributed by atoms with Crippen LogP contribution in [0.2, 0.25) is 0 Å². The molecule has 0 N–H and O–H groups in total. The van der Waals surface area contributed by atoms with Gasteiger partial charge in [0.25, 0.3) is 0 Å². The maximum atomic E-state index is 8.42. The van der Waals surface area contributed by atoms with Gasteiger partial charge in [-0.15, -0.1) is 0 Å².